The number of rotatable bonds is 8. The predicted octanol–water partition coefficient (Wildman–Crippen LogP) is 3.83. The number of hydrogen-bond donors (Lipinski definition) is 1. The fourth-order valence-corrected chi connectivity index (χ4v) is 3.02. The van der Waals surface area contributed by atoms with Crippen LogP contribution in [0.25, 0.3) is 0 Å². The highest BCUT2D eigenvalue weighted by Crippen LogP contribution is 2.24. The second-order valence-electron chi connectivity index (χ2n) is 5.62. The lowest BCUT2D eigenvalue weighted by Gasteiger charge is -2.26. The van der Waals surface area contributed by atoms with Gasteiger partial charge in [-0.2, -0.15) is 0 Å². The standard InChI is InChI=1S/C17H27NO2S/c1-6-20-16(19)17(4,18-5)11-12-21-15-9-7-14(8-10-15)13(2)3/h7-10,13,18H,6,11-12H2,1-5H3. The average Bonchev–Trinajstić information content (AvgIpc) is 2.47. The third-order valence-electron chi connectivity index (χ3n) is 3.70. The summed E-state index contributed by atoms with van der Waals surface area (Å²) in [6.07, 6.45) is 0.735. The SMILES string of the molecule is CCOC(=O)C(C)(CCSc1ccc(C(C)C)cc1)NC. The summed E-state index contributed by atoms with van der Waals surface area (Å²) in [5.41, 5.74) is 0.742. The van der Waals surface area contributed by atoms with Crippen molar-refractivity contribution in [3.8, 4) is 0 Å². The Bertz CT molecular complexity index is 445. The summed E-state index contributed by atoms with van der Waals surface area (Å²) < 4.78 is 5.13. The minimum Gasteiger partial charge on any atom is -0.465 e. The first-order chi connectivity index (χ1) is 9.92. The molecule has 0 amide bonds. The van der Waals surface area contributed by atoms with Crippen molar-refractivity contribution in [3.63, 3.8) is 0 Å². The number of carbonyl (C=O) groups is 1. The van der Waals surface area contributed by atoms with E-state index in [1.165, 1.54) is 10.5 Å². The highest BCUT2D eigenvalue weighted by atomic mass is 32.2. The topological polar surface area (TPSA) is 38.3 Å². The van der Waals surface area contributed by atoms with Crippen molar-refractivity contribution in [1.29, 1.82) is 0 Å². The molecule has 0 aliphatic carbocycles. The van der Waals surface area contributed by atoms with Crippen LogP contribution in [0.3, 0.4) is 0 Å². The van der Waals surface area contributed by atoms with Crippen LogP contribution >= 0.6 is 11.8 Å². The largest absolute Gasteiger partial charge is 0.465 e. The van der Waals surface area contributed by atoms with Crippen LogP contribution in [0.15, 0.2) is 29.2 Å². The first-order valence-corrected chi connectivity index (χ1v) is 8.50. The van der Waals surface area contributed by atoms with Gasteiger partial charge in [0.25, 0.3) is 0 Å². The van der Waals surface area contributed by atoms with Crippen LogP contribution in [-0.4, -0.2) is 30.9 Å². The van der Waals surface area contributed by atoms with Crippen LogP contribution in [0.4, 0.5) is 0 Å². The molecule has 0 aliphatic rings. The van der Waals surface area contributed by atoms with Gasteiger partial charge in [-0.3, -0.25) is 4.79 Å². The van der Waals surface area contributed by atoms with Crippen LogP contribution in [0.2, 0.25) is 0 Å². The molecule has 0 spiro atoms. The number of esters is 1. The number of ether oxygens (including phenoxy) is 1. The monoisotopic (exact) mass is 309 g/mol. The highest BCUT2D eigenvalue weighted by molar-refractivity contribution is 7.99. The lowest BCUT2D eigenvalue weighted by atomic mass is 10.00. The summed E-state index contributed by atoms with van der Waals surface area (Å²) >= 11 is 1.77. The first kappa shape index (κ1) is 18.1. The molecule has 0 aliphatic heterocycles. The van der Waals surface area contributed by atoms with Crippen LogP contribution in [0.5, 0.6) is 0 Å². The molecule has 1 aromatic rings. The Balaban J connectivity index is 2.52. The Morgan fingerprint density at radius 3 is 2.43 bits per heavy atom. The molecule has 0 aromatic heterocycles. The molecule has 1 unspecified atom stereocenters. The van der Waals surface area contributed by atoms with E-state index in [1.54, 1.807) is 18.8 Å². The zero-order chi connectivity index (χ0) is 15.9. The maximum atomic E-state index is 12.0. The maximum absolute atomic E-state index is 12.0. The minimum atomic E-state index is -0.610. The van der Waals surface area contributed by atoms with E-state index in [2.05, 4.69) is 43.4 Å². The zero-order valence-corrected chi connectivity index (χ0v) is 14.5. The number of nitrogens with one attached hydrogen (secondary N) is 1. The number of hydrogen-bond acceptors (Lipinski definition) is 4. The summed E-state index contributed by atoms with van der Waals surface area (Å²) in [4.78, 5) is 13.2. The number of thioether (sulfide) groups is 1. The van der Waals surface area contributed by atoms with Gasteiger partial charge < -0.3 is 10.1 Å². The summed E-state index contributed by atoms with van der Waals surface area (Å²) in [5, 5.41) is 3.09. The van der Waals surface area contributed by atoms with Crippen molar-refractivity contribution in [2.24, 2.45) is 0 Å². The molecule has 4 heteroatoms. The number of carbonyl (C=O) groups excluding carboxylic acids is 1. The fourth-order valence-electron chi connectivity index (χ4n) is 1.94. The molecular formula is C17H27NO2S. The van der Waals surface area contributed by atoms with Gasteiger partial charge in [0.2, 0.25) is 0 Å². The molecule has 0 saturated heterocycles. The Labute approximate surface area is 132 Å². The number of likely N-dealkylation sites (N-methyl/N-ethyl adjacent to an activating group) is 1. The predicted molar refractivity (Wildman–Crippen MR) is 90.0 cm³/mol. The quantitative estimate of drug-likeness (QED) is 0.585. The van der Waals surface area contributed by atoms with E-state index in [-0.39, 0.29) is 5.97 Å². The molecule has 0 bridgehead atoms. The lowest BCUT2D eigenvalue weighted by molar-refractivity contribution is -0.150. The summed E-state index contributed by atoms with van der Waals surface area (Å²) in [6, 6.07) is 8.66. The molecule has 1 rings (SSSR count). The Morgan fingerprint density at radius 1 is 1.33 bits per heavy atom. The van der Waals surface area contributed by atoms with E-state index in [9.17, 15) is 4.79 Å². The molecule has 1 atom stereocenters. The fraction of sp³-hybridized carbons (Fsp3) is 0.588. The Kier molecular flexibility index (Phi) is 7.26. The van der Waals surface area contributed by atoms with Crippen molar-refractivity contribution >= 4 is 17.7 Å². The van der Waals surface area contributed by atoms with E-state index in [4.69, 9.17) is 4.74 Å². The minimum absolute atomic E-state index is 0.178. The number of benzene rings is 1. The van der Waals surface area contributed by atoms with Crippen molar-refractivity contribution in [3.05, 3.63) is 29.8 Å². The van der Waals surface area contributed by atoms with Gasteiger partial charge in [0.15, 0.2) is 0 Å². The van der Waals surface area contributed by atoms with Gasteiger partial charge in [-0.05, 0) is 50.9 Å². The van der Waals surface area contributed by atoms with Gasteiger partial charge in [-0.25, -0.2) is 0 Å². The van der Waals surface area contributed by atoms with Crippen LogP contribution in [0, 0.1) is 0 Å². The summed E-state index contributed by atoms with van der Waals surface area (Å²) in [7, 11) is 1.80. The van der Waals surface area contributed by atoms with Crippen molar-refractivity contribution in [1.82, 2.24) is 5.32 Å². The lowest BCUT2D eigenvalue weighted by Crippen LogP contribution is -2.49. The van der Waals surface area contributed by atoms with E-state index < -0.39 is 5.54 Å². The molecule has 0 radical (unpaired) electrons. The molecule has 1 N–H and O–H groups in total. The van der Waals surface area contributed by atoms with Crippen molar-refractivity contribution in [2.75, 3.05) is 19.4 Å². The summed E-state index contributed by atoms with van der Waals surface area (Å²) in [6.45, 7) is 8.53. The molecule has 0 saturated carbocycles. The van der Waals surface area contributed by atoms with Gasteiger partial charge in [0, 0.05) is 10.6 Å². The van der Waals surface area contributed by atoms with E-state index in [1.807, 2.05) is 13.8 Å². The molecule has 0 fully saturated rings. The summed E-state index contributed by atoms with van der Waals surface area (Å²) in [5.74, 6) is 1.25. The second-order valence-corrected chi connectivity index (χ2v) is 6.79. The van der Waals surface area contributed by atoms with E-state index in [0.717, 1.165) is 12.2 Å². The third kappa shape index (κ3) is 5.36. The highest BCUT2D eigenvalue weighted by Gasteiger charge is 2.32. The van der Waals surface area contributed by atoms with Crippen LogP contribution in [0.1, 0.15) is 45.6 Å². The van der Waals surface area contributed by atoms with E-state index >= 15 is 0 Å². The normalized spacial score (nSPS) is 14.0. The third-order valence-corrected chi connectivity index (χ3v) is 4.71. The maximum Gasteiger partial charge on any atom is 0.326 e. The van der Waals surface area contributed by atoms with Gasteiger partial charge in [-0.15, -0.1) is 11.8 Å². The second kappa shape index (κ2) is 8.44. The molecule has 21 heavy (non-hydrogen) atoms. The molecule has 0 heterocycles. The molecule has 1 aromatic carbocycles. The Hall–Kier alpha value is -1.00. The first-order valence-electron chi connectivity index (χ1n) is 7.52. The average molecular weight is 309 g/mol. The van der Waals surface area contributed by atoms with Crippen molar-refractivity contribution < 1.29 is 9.53 Å². The van der Waals surface area contributed by atoms with Crippen LogP contribution < -0.4 is 5.32 Å². The van der Waals surface area contributed by atoms with Gasteiger partial charge in [-0.1, -0.05) is 26.0 Å². The molecule has 3 nitrogen and oxygen atoms in total. The van der Waals surface area contributed by atoms with Crippen molar-refractivity contribution in [2.45, 2.75) is 50.5 Å². The molecular weight excluding hydrogens is 282 g/mol. The zero-order valence-electron chi connectivity index (χ0n) is 13.7. The van der Waals surface area contributed by atoms with Gasteiger partial charge >= 0.3 is 5.97 Å². The smallest absolute Gasteiger partial charge is 0.326 e. The van der Waals surface area contributed by atoms with E-state index in [0.29, 0.717) is 12.5 Å². The molecule has 118 valence electrons. The van der Waals surface area contributed by atoms with Gasteiger partial charge in [0.05, 0.1) is 6.61 Å². The van der Waals surface area contributed by atoms with Crippen LogP contribution in [-0.2, 0) is 9.53 Å². The Morgan fingerprint density at radius 2 is 1.95 bits per heavy atom. The van der Waals surface area contributed by atoms with Gasteiger partial charge in [0.1, 0.15) is 5.54 Å².